The molecule has 2 aromatic heterocycles. The Kier molecular flexibility index (Phi) is 5.64. The summed E-state index contributed by atoms with van der Waals surface area (Å²) in [6, 6.07) is 9.51. The Morgan fingerprint density at radius 3 is 2.41 bits per heavy atom. The van der Waals surface area contributed by atoms with Gasteiger partial charge >= 0.3 is 5.97 Å². The van der Waals surface area contributed by atoms with E-state index in [2.05, 4.69) is 9.71 Å². The zero-order chi connectivity index (χ0) is 19.6. The van der Waals surface area contributed by atoms with Gasteiger partial charge < -0.3 is 4.74 Å². The van der Waals surface area contributed by atoms with E-state index in [1.807, 2.05) is 13.8 Å². The van der Waals surface area contributed by atoms with Crippen molar-refractivity contribution in [1.82, 2.24) is 4.98 Å². The molecule has 0 saturated carbocycles. The van der Waals surface area contributed by atoms with Crippen LogP contribution in [0.25, 0.3) is 9.75 Å². The van der Waals surface area contributed by atoms with E-state index >= 15 is 0 Å². The summed E-state index contributed by atoms with van der Waals surface area (Å²) in [7, 11) is -3.71. The van der Waals surface area contributed by atoms with Crippen LogP contribution in [0.15, 0.2) is 40.6 Å². The lowest BCUT2D eigenvalue weighted by Crippen LogP contribution is -2.11. The first-order chi connectivity index (χ1) is 12.8. The minimum absolute atomic E-state index is 0.220. The average Bonchev–Trinajstić information content (AvgIpc) is 3.22. The van der Waals surface area contributed by atoms with Crippen molar-refractivity contribution in [3.8, 4) is 9.75 Å². The number of hydrogen-bond donors (Lipinski definition) is 1. The van der Waals surface area contributed by atoms with Crippen LogP contribution >= 0.6 is 22.7 Å². The number of hydrogen-bond acceptors (Lipinski definition) is 7. The molecule has 0 saturated heterocycles. The molecule has 0 radical (unpaired) electrons. The van der Waals surface area contributed by atoms with Gasteiger partial charge in [-0.2, -0.15) is 0 Å². The number of rotatable bonds is 6. The van der Waals surface area contributed by atoms with E-state index in [0.29, 0.717) is 11.3 Å². The maximum absolute atomic E-state index is 12.7. The van der Waals surface area contributed by atoms with Crippen LogP contribution in [0.2, 0.25) is 0 Å². The molecule has 142 valence electrons. The summed E-state index contributed by atoms with van der Waals surface area (Å²) in [5.41, 5.74) is 1.64. The van der Waals surface area contributed by atoms with E-state index in [1.54, 1.807) is 30.4 Å². The third-order valence-electron chi connectivity index (χ3n) is 3.62. The number of carbonyl (C=O) groups excluding carboxylic acids is 1. The van der Waals surface area contributed by atoms with Crippen molar-refractivity contribution in [2.75, 3.05) is 11.3 Å². The molecule has 3 rings (SSSR count). The molecule has 6 nitrogen and oxygen atoms in total. The number of sulfonamides is 1. The van der Waals surface area contributed by atoms with E-state index in [9.17, 15) is 13.2 Å². The number of nitrogens with one attached hydrogen (secondary N) is 1. The Balaban J connectivity index is 1.79. The number of carbonyl (C=O) groups is 1. The first kappa shape index (κ1) is 19.5. The first-order valence-corrected chi connectivity index (χ1v) is 11.3. The highest BCUT2D eigenvalue weighted by atomic mass is 32.2. The summed E-state index contributed by atoms with van der Waals surface area (Å²) in [6.45, 7) is 5.85. The van der Waals surface area contributed by atoms with Gasteiger partial charge in [0, 0.05) is 10.6 Å². The molecule has 0 fully saturated rings. The monoisotopic (exact) mass is 422 g/mol. The minimum Gasteiger partial charge on any atom is -0.462 e. The molecule has 27 heavy (non-hydrogen) atoms. The van der Waals surface area contributed by atoms with Gasteiger partial charge in [-0.25, -0.2) is 18.2 Å². The summed E-state index contributed by atoms with van der Waals surface area (Å²) < 4.78 is 33.0. The number of esters is 1. The van der Waals surface area contributed by atoms with Gasteiger partial charge in [0.05, 0.1) is 27.7 Å². The van der Waals surface area contributed by atoms with Crippen LogP contribution in [0.4, 0.5) is 5.69 Å². The average molecular weight is 423 g/mol. The normalized spacial score (nSPS) is 11.4. The van der Waals surface area contributed by atoms with Crippen molar-refractivity contribution >= 4 is 44.4 Å². The van der Waals surface area contributed by atoms with Gasteiger partial charge in [0.1, 0.15) is 4.21 Å². The fourth-order valence-corrected chi connectivity index (χ4v) is 5.89. The number of ether oxygens (including phenoxy) is 1. The molecule has 0 spiro atoms. The number of aromatic nitrogens is 1. The Morgan fingerprint density at radius 2 is 1.81 bits per heavy atom. The second-order valence-electron chi connectivity index (χ2n) is 5.67. The quantitative estimate of drug-likeness (QED) is 0.593. The Morgan fingerprint density at radius 1 is 1.11 bits per heavy atom. The third kappa shape index (κ3) is 4.37. The predicted molar refractivity (Wildman–Crippen MR) is 108 cm³/mol. The highest BCUT2D eigenvalue weighted by molar-refractivity contribution is 7.94. The van der Waals surface area contributed by atoms with Crippen molar-refractivity contribution in [2.24, 2.45) is 0 Å². The highest BCUT2D eigenvalue weighted by Crippen LogP contribution is 2.36. The van der Waals surface area contributed by atoms with Crippen LogP contribution < -0.4 is 4.72 Å². The zero-order valence-corrected chi connectivity index (χ0v) is 17.4. The first-order valence-electron chi connectivity index (χ1n) is 8.14. The Labute approximate surface area is 165 Å². The van der Waals surface area contributed by atoms with Crippen LogP contribution in [0.1, 0.15) is 28.0 Å². The van der Waals surface area contributed by atoms with Crippen LogP contribution in [0.3, 0.4) is 0 Å². The van der Waals surface area contributed by atoms with Crippen molar-refractivity contribution in [3.05, 3.63) is 52.7 Å². The van der Waals surface area contributed by atoms with Crippen LogP contribution in [-0.4, -0.2) is 26.0 Å². The SMILES string of the molecule is CCOC(=O)c1ccc(NS(=O)(=O)c2ccc(-c3sc(C)nc3C)s2)cc1. The van der Waals surface area contributed by atoms with Gasteiger partial charge in [0.15, 0.2) is 0 Å². The fourth-order valence-electron chi connectivity index (χ4n) is 2.44. The topological polar surface area (TPSA) is 85.4 Å². The highest BCUT2D eigenvalue weighted by Gasteiger charge is 2.19. The summed E-state index contributed by atoms with van der Waals surface area (Å²) >= 11 is 2.74. The molecule has 1 N–H and O–H groups in total. The smallest absolute Gasteiger partial charge is 0.338 e. The predicted octanol–water partition coefficient (Wildman–Crippen LogP) is 4.47. The molecule has 2 heterocycles. The Bertz CT molecular complexity index is 1070. The lowest BCUT2D eigenvalue weighted by atomic mass is 10.2. The minimum atomic E-state index is -3.71. The molecule has 0 amide bonds. The van der Waals surface area contributed by atoms with E-state index in [-0.39, 0.29) is 10.8 Å². The Hall–Kier alpha value is -2.23. The van der Waals surface area contributed by atoms with Gasteiger partial charge in [-0.15, -0.1) is 22.7 Å². The molecule has 0 aliphatic carbocycles. The molecule has 1 aromatic carbocycles. The van der Waals surface area contributed by atoms with E-state index < -0.39 is 16.0 Å². The summed E-state index contributed by atoms with van der Waals surface area (Å²) in [6.07, 6.45) is 0. The van der Waals surface area contributed by atoms with E-state index in [4.69, 9.17) is 4.74 Å². The second kappa shape index (κ2) is 7.79. The van der Waals surface area contributed by atoms with Crippen LogP contribution in [0.5, 0.6) is 0 Å². The van der Waals surface area contributed by atoms with Gasteiger partial charge in [-0.1, -0.05) is 0 Å². The van der Waals surface area contributed by atoms with Crippen molar-refractivity contribution in [3.63, 3.8) is 0 Å². The van der Waals surface area contributed by atoms with Gasteiger partial charge in [-0.3, -0.25) is 4.72 Å². The van der Waals surface area contributed by atoms with Crippen LogP contribution in [-0.2, 0) is 14.8 Å². The molecule has 0 unspecified atom stereocenters. The molecule has 0 atom stereocenters. The summed E-state index contributed by atoms with van der Waals surface area (Å²) in [5, 5.41) is 0.945. The maximum Gasteiger partial charge on any atom is 0.338 e. The van der Waals surface area contributed by atoms with E-state index in [0.717, 1.165) is 20.5 Å². The van der Waals surface area contributed by atoms with Crippen molar-refractivity contribution in [2.45, 2.75) is 25.0 Å². The van der Waals surface area contributed by atoms with Gasteiger partial charge in [-0.05, 0) is 57.2 Å². The fraction of sp³-hybridized carbons (Fsp3) is 0.222. The lowest BCUT2D eigenvalue weighted by Gasteiger charge is -2.07. The molecule has 0 aliphatic heterocycles. The molecule has 9 heteroatoms. The van der Waals surface area contributed by atoms with Gasteiger partial charge in [0.25, 0.3) is 10.0 Å². The van der Waals surface area contributed by atoms with Crippen molar-refractivity contribution < 1.29 is 17.9 Å². The number of thiophene rings is 1. The van der Waals surface area contributed by atoms with Crippen molar-refractivity contribution in [1.29, 1.82) is 0 Å². The standard InChI is InChI=1S/C18H18N2O4S3/c1-4-24-18(21)13-5-7-14(8-6-13)20-27(22,23)16-10-9-15(26-16)17-11(2)19-12(3)25-17/h5-10,20H,4H2,1-3H3. The molecule has 0 bridgehead atoms. The maximum atomic E-state index is 12.7. The third-order valence-corrected chi connectivity index (χ3v) is 7.83. The zero-order valence-electron chi connectivity index (χ0n) is 15.0. The number of anilines is 1. The summed E-state index contributed by atoms with van der Waals surface area (Å²) in [4.78, 5) is 17.9. The molecule has 0 aliphatic rings. The van der Waals surface area contributed by atoms with Gasteiger partial charge in [0.2, 0.25) is 0 Å². The number of benzene rings is 1. The number of aryl methyl sites for hydroxylation is 2. The summed E-state index contributed by atoms with van der Waals surface area (Å²) in [5.74, 6) is -0.440. The van der Waals surface area contributed by atoms with E-state index in [1.165, 1.54) is 35.6 Å². The largest absolute Gasteiger partial charge is 0.462 e. The number of thiazole rings is 1. The van der Waals surface area contributed by atoms with Crippen LogP contribution in [0, 0.1) is 13.8 Å². The second-order valence-corrected chi connectivity index (χ2v) is 9.87. The molecular formula is C18H18N2O4S3. The molecule has 3 aromatic rings. The molecular weight excluding hydrogens is 404 g/mol. The lowest BCUT2D eigenvalue weighted by molar-refractivity contribution is 0.0526. The number of nitrogens with zero attached hydrogens (tertiary/aromatic N) is 1.